The van der Waals surface area contributed by atoms with Crippen LogP contribution >= 0.6 is 0 Å². The molecule has 0 amide bonds. The van der Waals surface area contributed by atoms with E-state index < -0.39 is 5.60 Å². The lowest BCUT2D eigenvalue weighted by atomic mass is 9.68. The average molecular weight is 225 g/mol. The first-order valence-corrected chi connectivity index (χ1v) is 6.09. The van der Waals surface area contributed by atoms with Gasteiger partial charge in [0, 0.05) is 0 Å². The lowest BCUT2D eigenvalue weighted by Gasteiger charge is -2.40. The van der Waals surface area contributed by atoms with Crippen molar-refractivity contribution < 1.29 is 9.84 Å². The highest BCUT2D eigenvalue weighted by molar-refractivity contribution is 5.05. The van der Waals surface area contributed by atoms with E-state index in [1.807, 2.05) is 0 Å². The predicted octanol–water partition coefficient (Wildman–Crippen LogP) is 2.49. The van der Waals surface area contributed by atoms with Crippen molar-refractivity contribution in [3.05, 3.63) is 0 Å². The van der Waals surface area contributed by atoms with E-state index in [4.69, 9.17) is 9.84 Å². The molecular formula is C13H23NO2. The maximum atomic E-state index is 9.20. The van der Waals surface area contributed by atoms with Crippen LogP contribution in [0, 0.1) is 22.7 Å². The van der Waals surface area contributed by atoms with Gasteiger partial charge in [-0.15, -0.1) is 0 Å². The third kappa shape index (κ3) is 3.20. The van der Waals surface area contributed by atoms with E-state index in [9.17, 15) is 5.26 Å². The zero-order valence-corrected chi connectivity index (χ0v) is 10.6. The first kappa shape index (κ1) is 13.5. The van der Waals surface area contributed by atoms with Gasteiger partial charge in [0.1, 0.15) is 0 Å². The monoisotopic (exact) mass is 225 g/mol. The molecule has 1 fully saturated rings. The summed E-state index contributed by atoms with van der Waals surface area (Å²) >= 11 is 0. The summed E-state index contributed by atoms with van der Waals surface area (Å²) in [5.41, 5.74) is -0.316. The van der Waals surface area contributed by atoms with Crippen LogP contribution in [0.4, 0.5) is 0 Å². The highest BCUT2D eigenvalue weighted by Crippen LogP contribution is 2.42. The Balaban J connectivity index is 2.54. The number of aliphatic hydroxyl groups excluding tert-OH is 1. The van der Waals surface area contributed by atoms with Gasteiger partial charge >= 0.3 is 0 Å². The van der Waals surface area contributed by atoms with Gasteiger partial charge in [-0.1, -0.05) is 20.8 Å². The van der Waals surface area contributed by atoms with Gasteiger partial charge in [0.05, 0.1) is 19.3 Å². The van der Waals surface area contributed by atoms with Gasteiger partial charge in [0.25, 0.3) is 0 Å². The lowest BCUT2D eigenvalue weighted by Crippen LogP contribution is -2.39. The Morgan fingerprint density at radius 3 is 2.31 bits per heavy atom. The average Bonchev–Trinajstić information content (AvgIpc) is 2.26. The molecule has 0 atom stereocenters. The molecule has 0 spiro atoms. The molecule has 0 aromatic rings. The summed E-state index contributed by atoms with van der Waals surface area (Å²) in [6.45, 7) is 7.03. The first-order chi connectivity index (χ1) is 7.43. The van der Waals surface area contributed by atoms with Crippen LogP contribution in [0.2, 0.25) is 0 Å². The summed E-state index contributed by atoms with van der Waals surface area (Å²) in [5, 5.41) is 18.0. The van der Waals surface area contributed by atoms with E-state index in [2.05, 4.69) is 26.8 Å². The van der Waals surface area contributed by atoms with Crippen molar-refractivity contribution >= 4 is 0 Å². The van der Waals surface area contributed by atoms with Gasteiger partial charge in [-0.05, 0) is 37.0 Å². The highest BCUT2D eigenvalue weighted by Gasteiger charge is 2.39. The second-order valence-electron chi connectivity index (χ2n) is 5.82. The van der Waals surface area contributed by atoms with Crippen molar-refractivity contribution in [3.63, 3.8) is 0 Å². The quantitative estimate of drug-likeness (QED) is 0.803. The van der Waals surface area contributed by atoms with Crippen LogP contribution in [0.25, 0.3) is 0 Å². The number of hydrogen-bond acceptors (Lipinski definition) is 3. The maximum Gasteiger partial charge on any atom is 0.154 e. The minimum atomic E-state index is -0.634. The van der Waals surface area contributed by atoms with E-state index >= 15 is 0 Å². The summed E-state index contributed by atoms with van der Waals surface area (Å²) in [6, 6.07) is 2.29. The number of hydrogen-bond donors (Lipinski definition) is 1. The molecule has 1 aliphatic rings. The first-order valence-electron chi connectivity index (χ1n) is 6.09. The molecule has 1 rings (SSSR count). The van der Waals surface area contributed by atoms with E-state index in [1.54, 1.807) is 0 Å². The summed E-state index contributed by atoms with van der Waals surface area (Å²) in [4.78, 5) is 0. The number of rotatable bonds is 3. The predicted molar refractivity (Wildman–Crippen MR) is 62.8 cm³/mol. The van der Waals surface area contributed by atoms with Crippen LogP contribution in [-0.4, -0.2) is 23.9 Å². The van der Waals surface area contributed by atoms with Crippen molar-refractivity contribution in [2.75, 3.05) is 13.2 Å². The van der Waals surface area contributed by atoms with Gasteiger partial charge in [0.15, 0.2) is 5.60 Å². The largest absolute Gasteiger partial charge is 0.394 e. The molecule has 0 aromatic heterocycles. The zero-order chi connectivity index (χ0) is 12.2. The Hall–Kier alpha value is -0.590. The van der Waals surface area contributed by atoms with Crippen LogP contribution in [0.1, 0.15) is 46.5 Å². The van der Waals surface area contributed by atoms with Crippen LogP contribution in [-0.2, 0) is 4.74 Å². The Morgan fingerprint density at radius 2 is 1.94 bits per heavy atom. The fourth-order valence-electron chi connectivity index (χ4n) is 2.48. The van der Waals surface area contributed by atoms with E-state index in [0.29, 0.717) is 11.3 Å². The standard InChI is InChI=1S/C13H23NO2/c1-12(2,3)11-4-6-13(10-14,7-5-11)16-9-8-15/h11,15H,4-9H2,1-3H3. The molecule has 3 heteroatoms. The summed E-state index contributed by atoms with van der Waals surface area (Å²) in [5.74, 6) is 0.673. The maximum absolute atomic E-state index is 9.20. The minimum Gasteiger partial charge on any atom is -0.394 e. The highest BCUT2D eigenvalue weighted by atomic mass is 16.5. The molecule has 0 bridgehead atoms. The molecule has 0 radical (unpaired) electrons. The normalized spacial score (nSPS) is 31.1. The van der Waals surface area contributed by atoms with Gasteiger partial charge in [-0.25, -0.2) is 0 Å². The third-order valence-electron chi connectivity index (χ3n) is 3.69. The van der Waals surface area contributed by atoms with Gasteiger partial charge in [-0.3, -0.25) is 0 Å². The molecule has 1 saturated carbocycles. The van der Waals surface area contributed by atoms with Crippen molar-refractivity contribution in [2.24, 2.45) is 11.3 Å². The van der Waals surface area contributed by atoms with Crippen molar-refractivity contribution in [2.45, 2.75) is 52.1 Å². The fourth-order valence-corrected chi connectivity index (χ4v) is 2.48. The van der Waals surface area contributed by atoms with E-state index in [0.717, 1.165) is 25.7 Å². The number of nitrogens with zero attached hydrogens (tertiary/aromatic N) is 1. The van der Waals surface area contributed by atoms with Crippen LogP contribution in [0.3, 0.4) is 0 Å². The van der Waals surface area contributed by atoms with Gasteiger partial charge in [-0.2, -0.15) is 5.26 Å². The van der Waals surface area contributed by atoms with Crippen molar-refractivity contribution in [1.29, 1.82) is 5.26 Å². The number of aliphatic hydroxyl groups is 1. The lowest BCUT2D eigenvalue weighted by molar-refractivity contribution is -0.0577. The SMILES string of the molecule is CC(C)(C)C1CCC(C#N)(OCCO)CC1. The molecule has 1 aliphatic carbocycles. The molecule has 92 valence electrons. The Labute approximate surface area is 98.4 Å². The number of ether oxygens (including phenoxy) is 1. The molecule has 0 aliphatic heterocycles. The number of nitriles is 1. The topological polar surface area (TPSA) is 53.2 Å². The smallest absolute Gasteiger partial charge is 0.154 e. The summed E-state index contributed by atoms with van der Waals surface area (Å²) in [6.07, 6.45) is 3.68. The molecule has 0 heterocycles. The molecule has 0 saturated heterocycles. The molecule has 16 heavy (non-hydrogen) atoms. The van der Waals surface area contributed by atoms with Crippen LogP contribution < -0.4 is 0 Å². The fraction of sp³-hybridized carbons (Fsp3) is 0.923. The van der Waals surface area contributed by atoms with Crippen LogP contribution in [0.15, 0.2) is 0 Å². The van der Waals surface area contributed by atoms with E-state index in [-0.39, 0.29) is 13.2 Å². The Morgan fingerprint density at radius 1 is 1.38 bits per heavy atom. The molecule has 1 N–H and O–H groups in total. The second-order valence-corrected chi connectivity index (χ2v) is 5.82. The molecule has 3 nitrogen and oxygen atoms in total. The van der Waals surface area contributed by atoms with Gasteiger partial charge < -0.3 is 9.84 Å². The van der Waals surface area contributed by atoms with Crippen molar-refractivity contribution in [3.8, 4) is 6.07 Å². The van der Waals surface area contributed by atoms with Crippen molar-refractivity contribution in [1.82, 2.24) is 0 Å². The van der Waals surface area contributed by atoms with Crippen LogP contribution in [0.5, 0.6) is 0 Å². The Kier molecular flexibility index (Phi) is 4.35. The minimum absolute atomic E-state index is 0.00781. The second kappa shape index (κ2) is 5.16. The Bertz CT molecular complexity index is 254. The third-order valence-corrected chi connectivity index (χ3v) is 3.69. The molecule has 0 aromatic carbocycles. The van der Waals surface area contributed by atoms with Gasteiger partial charge in [0.2, 0.25) is 0 Å². The van der Waals surface area contributed by atoms with E-state index in [1.165, 1.54) is 0 Å². The molecular weight excluding hydrogens is 202 g/mol. The summed E-state index contributed by atoms with van der Waals surface area (Å²) < 4.78 is 5.52. The zero-order valence-electron chi connectivity index (χ0n) is 10.6. The molecule has 0 unspecified atom stereocenters. The summed E-state index contributed by atoms with van der Waals surface area (Å²) in [7, 11) is 0.